The molecule has 35 heavy (non-hydrogen) atoms. The number of nitrogens with two attached hydrogens (primary N) is 1. The molecule has 1 aromatic heterocycles. The van der Waals surface area contributed by atoms with Gasteiger partial charge in [0.05, 0.1) is 30.1 Å². The Kier molecular flexibility index (Phi) is 10.4. The van der Waals surface area contributed by atoms with Gasteiger partial charge in [-0.1, -0.05) is 55.3 Å². The largest absolute Gasteiger partial charge is 0.383 e. The van der Waals surface area contributed by atoms with Gasteiger partial charge in [0, 0.05) is 20.1 Å². The number of amides is 1. The van der Waals surface area contributed by atoms with Crippen LogP contribution in [0.2, 0.25) is 0 Å². The first-order valence-corrected chi connectivity index (χ1v) is 12.6. The number of para-hydroxylation sites is 1. The van der Waals surface area contributed by atoms with Crippen LogP contribution in [-0.4, -0.2) is 47.2 Å². The lowest BCUT2D eigenvalue weighted by molar-refractivity contribution is -0.133. The highest BCUT2D eigenvalue weighted by molar-refractivity contribution is 5.78. The number of hydrogen-bond acceptors (Lipinski definition) is 5. The molecule has 1 heterocycles. The third-order valence-corrected chi connectivity index (χ3v) is 6.40. The van der Waals surface area contributed by atoms with Gasteiger partial charge in [0.2, 0.25) is 5.91 Å². The average molecular weight is 479 g/mol. The van der Waals surface area contributed by atoms with Gasteiger partial charge in [-0.05, 0) is 50.4 Å². The standard InChI is InChI=1S/C28H38N4O3/c1-22(27-30-25-15-9-8-14-24(25)28(34)32(27)20-21-35-2)31(19-11-4-3-10-18-29)26(33)17-16-23-12-6-5-7-13-23/h5-9,12-15,22H,3-4,10-11,16-21,29H2,1-2H3. The van der Waals surface area contributed by atoms with Crippen molar-refractivity contribution in [3.63, 3.8) is 0 Å². The molecule has 0 fully saturated rings. The van der Waals surface area contributed by atoms with Crippen molar-refractivity contribution in [3.8, 4) is 0 Å². The summed E-state index contributed by atoms with van der Waals surface area (Å²) in [5.74, 6) is 0.668. The maximum absolute atomic E-state index is 13.5. The first-order chi connectivity index (χ1) is 17.1. The zero-order chi connectivity index (χ0) is 25.0. The lowest BCUT2D eigenvalue weighted by Crippen LogP contribution is -2.39. The minimum atomic E-state index is -0.345. The first-order valence-electron chi connectivity index (χ1n) is 12.6. The van der Waals surface area contributed by atoms with Crippen LogP contribution >= 0.6 is 0 Å². The number of aromatic nitrogens is 2. The normalized spacial score (nSPS) is 12.1. The number of methoxy groups -OCH3 is 1. The molecular formula is C28H38N4O3. The fourth-order valence-corrected chi connectivity index (χ4v) is 4.40. The van der Waals surface area contributed by atoms with E-state index >= 15 is 0 Å². The van der Waals surface area contributed by atoms with E-state index in [0.717, 1.165) is 31.2 Å². The monoisotopic (exact) mass is 478 g/mol. The SMILES string of the molecule is COCCn1c(C(C)N(CCCCCCN)C(=O)CCc2ccccc2)nc2ccccc2c1=O. The molecule has 0 saturated carbocycles. The summed E-state index contributed by atoms with van der Waals surface area (Å²) in [6, 6.07) is 17.1. The van der Waals surface area contributed by atoms with Crippen molar-refractivity contribution >= 4 is 16.8 Å². The number of unbranched alkanes of at least 4 members (excludes halogenated alkanes) is 3. The zero-order valence-corrected chi connectivity index (χ0v) is 21.0. The van der Waals surface area contributed by atoms with Crippen LogP contribution in [-0.2, 0) is 22.5 Å². The Bertz CT molecular complexity index is 1130. The Labute approximate surface area is 207 Å². The molecular weight excluding hydrogens is 440 g/mol. The molecule has 0 aliphatic carbocycles. The van der Waals surface area contributed by atoms with Crippen molar-refractivity contribution in [1.82, 2.24) is 14.5 Å². The van der Waals surface area contributed by atoms with Crippen molar-refractivity contribution in [3.05, 3.63) is 76.3 Å². The second-order valence-electron chi connectivity index (χ2n) is 8.89. The number of nitrogens with zero attached hydrogens (tertiary/aromatic N) is 3. The van der Waals surface area contributed by atoms with Gasteiger partial charge in [-0.15, -0.1) is 0 Å². The van der Waals surface area contributed by atoms with E-state index in [1.807, 2.05) is 60.4 Å². The molecule has 7 heteroatoms. The van der Waals surface area contributed by atoms with Crippen LogP contribution in [0.25, 0.3) is 10.9 Å². The number of aryl methyl sites for hydroxylation is 1. The van der Waals surface area contributed by atoms with Crippen molar-refractivity contribution in [2.24, 2.45) is 5.73 Å². The zero-order valence-electron chi connectivity index (χ0n) is 21.0. The highest BCUT2D eigenvalue weighted by atomic mass is 16.5. The van der Waals surface area contributed by atoms with Crippen LogP contribution in [0.15, 0.2) is 59.4 Å². The number of carbonyl (C=O) groups is 1. The summed E-state index contributed by atoms with van der Waals surface area (Å²) in [5.41, 5.74) is 7.32. The van der Waals surface area contributed by atoms with Crippen LogP contribution in [0.4, 0.5) is 0 Å². The Balaban J connectivity index is 1.90. The van der Waals surface area contributed by atoms with Gasteiger partial charge < -0.3 is 15.4 Å². The highest BCUT2D eigenvalue weighted by Crippen LogP contribution is 2.22. The molecule has 1 unspecified atom stereocenters. The number of benzene rings is 2. The van der Waals surface area contributed by atoms with Gasteiger partial charge >= 0.3 is 0 Å². The summed E-state index contributed by atoms with van der Waals surface area (Å²) >= 11 is 0. The first kappa shape index (κ1) is 26.6. The average Bonchev–Trinajstić information content (AvgIpc) is 2.89. The van der Waals surface area contributed by atoms with E-state index in [1.54, 1.807) is 17.7 Å². The third-order valence-electron chi connectivity index (χ3n) is 6.40. The predicted octanol–water partition coefficient (Wildman–Crippen LogP) is 4.08. The highest BCUT2D eigenvalue weighted by Gasteiger charge is 2.26. The molecule has 1 amide bonds. The Morgan fingerprint density at radius 1 is 1.06 bits per heavy atom. The smallest absolute Gasteiger partial charge is 0.261 e. The van der Waals surface area contributed by atoms with E-state index in [4.69, 9.17) is 15.5 Å². The second-order valence-corrected chi connectivity index (χ2v) is 8.89. The Morgan fingerprint density at radius 2 is 1.77 bits per heavy atom. The molecule has 0 saturated heterocycles. The quantitative estimate of drug-likeness (QED) is 0.353. The van der Waals surface area contributed by atoms with Gasteiger partial charge in [0.25, 0.3) is 5.56 Å². The fourth-order valence-electron chi connectivity index (χ4n) is 4.40. The topological polar surface area (TPSA) is 90.4 Å². The number of hydrogen-bond donors (Lipinski definition) is 1. The number of carbonyl (C=O) groups excluding carboxylic acids is 1. The summed E-state index contributed by atoms with van der Waals surface area (Å²) in [6.45, 7) is 4.05. The second kappa shape index (κ2) is 13.8. The lowest BCUT2D eigenvalue weighted by atomic mass is 10.1. The van der Waals surface area contributed by atoms with E-state index in [-0.39, 0.29) is 17.5 Å². The number of fused-ring (bicyclic) bond motifs is 1. The Hall–Kier alpha value is -3.03. The summed E-state index contributed by atoms with van der Waals surface area (Å²) in [6.07, 6.45) is 5.01. The van der Waals surface area contributed by atoms with Crippen LogP contribution in [0.1, 0.15) is 56.5 Å². The molecule has 2 N–H and O–H groups in total. The van der Waals surface area contributed by atoms with Crippen LogP contribution < -0.4 is 11.3 Å². The third kappa shape index (κ3) is 7.23. The molecule has 188 valence electrons. The summed E-state index contributed by atoms with van der Waals surface area (Å²) in [4.78, 5) is 33.6. The molecule has 0 aliphatic heterocycles. The van der Waals surface area contributed by atoms with E-state index < -0.39 is 0 Å². The van der Waals surface area contributed by atoms with E-state index in [1.165, 1.54) is 0 Å². The van der Waals surface area contributed by atoms with E-state index in [0.29, 0.717) is 55.8 Å². The number of rotatable bonds is 14. The van der Waals surface area contributed by atoms with Gasteiger partial charge in [0.15, 0.2) is 0 Å². The minimum Gasteiger partial charge on any atom is -0.383 e. The molecule has 3 aromatic rings. The number of ether oxygens (including phenoxy) is 1. The van der Waals surface area contributed by atoms with Crippen LogP contribution in [0.5, 0.6) is 0 Å². The summed E-state index contributed by atoms with van der Waals surface area (Å²) < 4.78 is 6.94. The summed E-state index contributed by atoms with van der Waals surface area (Å²) in [5, 5.41) is 0.572. The van der Waals surface area contributed by atoms with E-state index in [2.05, 4.69) is 0 Å². The molecule has 0 aliphatic rings. The molecule has 0 radical (unpaired) electrons. The predicted molar refractivity (Wildman–Crippen MR) is 140 cm³/mol. The van der Waals surface area contributed by atoms with Gasteiger partial charge in [0.1, 0.15) is 5.82 Å². The van der Waals surface area contributed by atoms with Gasteiger partial charge in [-0.2, -0.15) is 0 Å². The van der Waals surface area contributed by atoms with E-state index in [9.17, 15) is 9.59 Å². The lowest BCUT2D eigenvalue weighted by Gasteiger charge is -2.31. The van der Waals surface area contributed by atoms with Crippen LogP contribution in [0, 0.1) is 0 Å². The molecule has 0 spiro atoms. The maximum atomic E-state index is 13.5. The Morgan fingerprint density at radius 3 is 2.51 bits per heavy atom. The maximum Gasteiger partial charge on any atom is 0.261 e. The fraction of sp³-hybridized carbons (Fsp3) is 0.464. The van der Waals surface area contributed by atoms with Crippen molar-refractivity contribution in [2.75, 3.05) is 26.8 Å². The summed E-state index contributed by atoms with van der Waals surface area (Å²) in [7, 11) is 1.61. The molecule has 1 atom stereocenters. The minimum absolute atomic E-state index is 0.0703. The van der Waals surface area contributed by atoms with Crippen molar-refractivity contribution < 1.29 is 9.53 Å². The molecule has 3 rings (SSSR count). The van der Waals surface area contributed by atoms with Gasteiger partial charge in [-0.3, -0.25) is 14.2 Å². The van der Waals surface area contributed by atoms with Gasteiger partial charge in [-0.25, -0.2) is 4.98 Å². The van der Waals surface area contributed by atoms with Crippen molar-refractivity contribution in [2.45, 2.75) is 58.0 Å². The molecule has 7 nitrogen and oxygen atoms in total. The van der Waals surface area contributed by atoms with Crippen LogP contribution in [0.3, 0.4) is 0 Å². The van der Waals surface area contributed by atoms with Crippen molar-refractivity contribution in [1.29, 1.82) is 0 Å². The molecule has 2 aromatic carbocycles. The molecule has 0 bridgehead atoms.